The maximum absolute atomic E-state index is 13.0. The molecule has 2 aliphatic rings. The Morgan fingerprint density at radius 3 is 2.81 bits per heavy atom. The minimum absolute atomic E-state index is 0.0682. The van der Waals surface area contributed by atoms with Gasteiger partial charge in [-0.05, 0) is 50.4 Å². The van der Waals surface area contributed by atoms with Gasteiger partial charge >= 0.3 is 0 Å². The minimum Gasteiger partial charge on any atom is -0.332 e. The summed E-state index contributed by atoms with van der Waals surface area (Å²) in [6.07, 6.45) is 2.47. The molecule has 1 amide bonds. The van der Waals surface area contributed by atoms with Gasteiger partial charge in [0.15, 0.2) is 5.82 Å². The van der Waals surface area contributed by atoms with Crippen LogP contribution < -0.4 is 0 Å². The Bertz CT molecular complexity index is 828. The average Bonchev–Trinajstić information content (AvgIpc) is 3.24. The normalized spacial score (nSPS) is 20.4. The number of likely N-dealkylation sites (N-methyl/N-ethyl adjacent to an activating group) is 1. The van der Waals surface area contributed by atoms with Crippen molar-refractivity contribution in [2.45, 2.75) is 52.2 Å². The topological polar surface area (TPSA) is 54.3 Å². The predicted octanol–water partition coefficient (Wildman–Crippen LogP) is 2.25. The summed E-state index contributed by atoms with van der Waals surface area (Å²) in [6, 6.07) is 6.37. The highest BCUT2D eigenvalue weighted by molar-refractivity contribution is 5.79. The fourth-order valence-corrected chi connectivity index (χ4v) is 4.07. The van der Waals surface area contributed by atoms with Crippen LogP contribution in [0.5, 0.6) is 0 Å². The molecule has 0 saturated carbocycles. The van der Waals surface area contributed by atoms with Crippen molar-refractivity contribution < 1.29 is 4.79 Å². The van der Waals surface area contributed by atoms with Gasteiger partial charge < -0.3 is 9.47 Å². The highest BCUT2D eigenvalue weighted by Gasteiger charge is 2.34. The minimum atomic E-state index is 0.0682. The van der Waals surface area contributed by atoms with Crippen molar-refractivity contribution in [1.82, 2.24) is 24.6 Å². The monoisotopic (exact) mass is 353 g/mol. The Balaban J connectivity index is 1.53. The Morgan fingerprint density at radius 2 is 2.00 bits per heavy atom. The Kier molecular flexibility index (Phi) is 4.53. The smallest absolute Gasteiger partial charge is 0.227 e. The number of carbonyl (C=O) groups excluding carboxylic acids is 1. The summed E-state index contributed by atoms with van der Waals surface area (Å²) in [7, 11) is 2.10. The number of amides is 1. The second-order valence-electron chi connectivity index (χ2n) is 7.70. The van der Waals surface area contributed by atoms with Gasteiger partial charge in [0, 0.05) is 19.6 Å². The molecule has 0 N–H and O–H groups in total. The van der Waals surface area contributed by atoms with Crippen LogP contribution in [0.4, 0.5) is 0 Å². The van der Waals surface area contributed by atoms with E-state index in [1.807, 2.05) is 4.90 Å². The zero-order valence-corrected chi connectivity index (χ0v) is 15.9. The van der Waals surface area contributed by atoms with Crippen LogP contribution in [-0.2, 0) is 24.3 Å². The predicted molar refractivity (Wildman–Crippen MR) is 99.7 cm³/mol. The first-order chi connectivity index (χ1) is 12.5. The maximum atomic E-state index is 13.0. The maximum Gasteiger partial charge on any atom is 0.227 e. The molecule has 1 fully saturated rings. The molecule has 1 atom stereocenters. The van der Waals surface area contributed by atoms with Crippen LogP contribution in [0.3, 0.4) is 0 Å². The molecule has 0 bridgehead atoms. The second kappa shape index (κ2) is 6.83. The van der Waals surface area contributed by atoms with Crippen molar-refractivity contribution >= 4 is 5.91 Å². The zero-order valence-electron chi connectivity index (χ0n) is 15.9. The molecule has 1 aromatic carbocycles. The molecule has 4 rings (SSSR count). The van der Waals surface area contributed by atoms with E-state index in [2.05, 4.69) is 58.8 Å². The van der Waals surface area contributed by atoms with Crippen molar-refractivity contribution in [1.29, 1.82) is 0 Å². The number of hydrogen-bond donors (Lipinski definition) is 0. The highest BCUT2D eigenvalue weighted by Crippen LogP contribution is 2.32. The summed E-state index contributed by atoms with van der Waals surface area (Å²) in [5.74, 6) is 2.18. The number of benzene rings is 1. The lowest BCUT2D eigenvalue weighted by Crippen LogP contribution is -2.35. The molecule has 1 aromatic heterocycles. The lowest BCUT2D eigenvalue weighted by Gasteiger charge is -2.28. The van der Waals surface area contributed by atoms with Crippen molar-refractivity contribution in [3.63, 3.8) is 0 Å². The Hall–Kier alpha value is -2.21. The van der Waals surface area contributed by atoms with E-state index in [0.29, 0.717) is 6.42 Å². The van der Waals surface area contributed by atoms with Crippen LogP contribution in [0, 0.1) is 13.8 Å². The third-order valence-corrected chi connectivity index (χ3v) is 5.77. The van der Waals surface area contributed by atoms with Crippen molar-refractivity contribution in [2.75, 3.05) is 20.1 Å². The fraction of sp³-hybridized carbons (Fsp3) is 0.550. The van der Waals surface area contributed by atoms with E-state index in [9.17, 15) is 4.79 Å². The van der Waals surface area contributed by atoms with Crippen LogP contribution in [0.25, 0.3) is 0 Å². The Morgan fingerprint density at radius 1 is 1.15 bits per heavy atom. The summed E-state index contributed by atoms with van der Waals surface area (Å²) >= 11 is 0. The molecule has 3 heterocycles. The molecule has 2 aromatic rings. The van der Waals surface area contributed by atoms with Gasteiger partial charge in [-0.2, -0.15) is 0 Å². The van der Waals surface area contributed by atoms with Crippen LogP contribution in [0.1, 0.15) is 47.2 Å². The first kappa shape index (κ1) is 17.2. The molecule has 26 heavy (non-hydrogen) atoms. The molecule has 2 aliphatic heterocycles. The first-order valence-corrected chi connectivity index (χ1v) is 9.49. The van der Waals surface area contributed by atoms with Gasteiger partial charge in [-0.1, -0.05) is 18.2 Å². The molecule has 1 saturated heterocycles. The SMILES string of the molecule is Cc1ccc(CC(=O)N2CCC[C@@H]2c2nnc3n2CCN(C)C3)cc1C. The van der Waals surface area contributed by atoms with Gasteiger partial charge in [-0.15, -0.1) is 10.2 Å². The van der Waals surface area contributed by atoms with Gasteiger partial charge in [0.25, 0.3) is 0 Å². The molecular formula is C20H27N5O. The third kappa shape index (κ3) is 3.14. The lowest BCUT2D eigenvalue weighted by molar-refractivity contribution is -0.131. The van der Waals surface area contributed by atoms with Gasteiger partial charge in [-0.3, -0.25) is 9.69 Å². The molecule has 0 aliphatic carbocycles. The summed E-state index contributed by atoms with van der Waals surface area (Å²) in [6.45, 7) is 7.75. The first-order valence-electron chi connectivity index (χ1n) is 9.49. The number of nitrogens with zero attached hydrogens (tertiary/aromatic N) is 5. The number of carbonyl (C=O) groups is 1. The average molecular weight is 353 g/mol. The summed E-state index contributed by atoms with van der Waals surface area (Å²) in [4.78, 5) is 17.3. The number of aryl methyl sites for hydroxylation is 2. The number of likely N-dealkylation sites (tertiary alicyclic amines) is 1. The molecule has 6 nitrogen and oxygen atoms in total. The molecule has 0 unspecified atom stereocenters. The van der Waals surface area contributed by atoms with Crippen LogP contribution in [0.2, 0.25) is 0 Å². The summed E-state index contributed by atoms with van der Waals surface area (Å²) < 4.78 is 2.23. The molecular weight excluding hydrogens is 326 g/mol. The third-order valence-electron chi connectivity index (χ3n) is 5.77. The van der Waals surface area contributed by atoms with Crippen LogP contribution in [0.15, 0.2) is 18.2 Å². The van der Waals surface area contributed by atoms with E-state index in [1.165, 1.54) is 11.1 Å². The molecule has 138 valence electrons. The molecule has 0 radical (unpaired) electrons. The number of rotatable bonds is 3. The second-order valence-corrected chi connectivity index (χ2v) is 7.70. The Labute approximate surface area is 154 Å². The zero-order chi connectivity index (χ0) is 18.3. The summed E-state index contributed by atoms with van der Waals surface area (Å²) in [5.41, 5.74) is 3.60. The van der Waals surface area contributed by atoms with Gasteiger partial charge in [0.05, 0.1) is 19.0 Å². The fourth-order valence-electron chi connectivity index (χ4n) is 4.07. The number of aromatic nitrogens is 3. The van der Waals surface area contributed by atoms with Crippen LogP contribution >= 0.6 is 0 Å². The van der Waals surface area contributed by atoms with E-state index in [4.69, 9.17) is 0 Å². The van der Waals surface area contributed by atoms with E-state index in [1.54, 1.807) is 0 Å². The quantitative estimate of drug-likeness (QED) is 0.849. The van der Waals surface area contributed by atoms with Gasteiger partial charge in [-0.25, -0.2) is 0 Å². The molecule has 0 spiro atoms. The van der Waals surface area contributed by atoms with Crippen molar-refractivity contribution in [3.05, 3.63) is 46.5 Å². The van der Waals surface area contributed by atoms with Gasteiger partial charge in [0.2, 0.25) is 5.91 Å². The van der Waals surface area contributed by atoms with E-state index < -0.39 is 0 Å². The number of fused-ring (bicyclic) bond motifs is 1. The lowest BCUT2D eigenvalue weighted by atomic mass is 10.0. The summed E-state index contributed by atoms with van der Waals surface area (Å²) in [5, 5.41) is 8.86. The molecule has 6 heteroatoms. The highest BCUT2D eigenvalue weighted by atomic mass is 16.2. The largest absolute Gasteiger partial charge is 0.332 e. The standard InChI is InChI=1S/C20H27N5O/c1-14-6-7-16(11-15(14)2)12-19(26)24-8-4-5-17(24)20-22-21-18-13-23(3)9-10-25(18)20/h6-7,11,17H,4-5,8-10,12-13H2,1-3H3/t17-/m1/s1. The van der Waals surface area contributed by atoms with E-state index in [-0.39, 0.29) is 11.9 Å². The van der Waals surface area contributed by atoms with Crippen molar-refractivity contribution in [3.8, 4) is 0 Å². The van der Waals surface area contributed by atoms with Gasteiger partial charge in [0.1, 0.15) is 5.82 Å². The van der Waals surface area contributed by atoms with E-state index >= 15 is 0 Å². The van der Waals surface area contributed by atoms with Crippen LogP contribution in [-0.4, -0.2) is 50.6 Å². The van der Waals surface area contributed by atoms with Crippen molar-refractivity contribution in [2.24, 2.45) is 0 Å². The van der Waals surface area contributed by atoms with E-state index in [0.717, 1.165) is 56.2 Å². The number of hydrogen-bond acceptors (Lipinski definition) is 4.